The molecule has 2 aromatic rings. The van der Waals surface area contributed by atoms with Gasteiger partial charge in [-0.15, -0.1) is 16.5 Å². The Morgan fingerprint density at radius 3 is 2.67 bits per heavy atom. The molecule has 1 aliphatic heterocycles. The molecule has 1 aromatic carbocycles. The third-order valence-corrected chi connectivity index (χ3v) is 5.36. The SMILES string of the molecule is N#CC1C=C(c2ccc([N+](=O)[O-])cc2)SC1(N)N=Nc1cccs1. The second-order valence-corrected chi connectivity index (χ2v) is 7.17. The fourth-order valence-corrected chi connectivity index (χ4v) is 3.79. The number of nitrogens with zero attached hydrogens (tertiary/aromatic N) is 4. The number of nitrogens with two attached hydrogens (primary N) is 1. The first-order valence-electron chi connectivity index (χ1n) is 6.82. The monoisotopic (exact) mass is 357 g/mol. The Morgan fingerprint density at radius 2 is 2.08 bits per heavy atom. The molecule has 0 fully saturated rings. The van der Waals surface area contributed by atoms with Gasteiger partial charge in [-0.05, 0) is 41.3 Å². The van der Waals surface area contributed by atoms with Crippen LogP contribution in [0.5, 0.6) is 0 Å². The molecule has 2 unspecified atom stereocenters. The average Bonchev–Trinajstić information content (AvgIpc) is 3.21. The van der Waals surface area contributed by atoms with Crippen molar-refractivity contribution in [2.24, 2.45) is 21.9 Å². The molecule has 7 nitrogen and oxygen atoms in total. The van der Waals surface area contributed by atoms with E-state index < -0.39 is 15.8 Å². The average molecular weight is 357 g/mol. The topological polar surface area (TPSA) is 118 Å². The largest absolute Gasteiger partial charge is 0.295 e. The molecule has 120 valence electrons. The maximum Gasteiger partial charge on any atom is 0.269 e. The van der Waals surface area contributed by atoms with Crippen LogP contribution in [0, 0.1) is 27.4 Å². The van der Waals surface area contributed by atoms with Crippen molar-refractivity contribution in [1.82, 2.24) is 0 Å². The van der Waals surface area contributed by atoms with Crippen molar-refractivity contribution in [3.8, 4) is 6.07 Å². The molecule has 0 bridgehead atoms. The van der Waals surface area contributed by atoms with Crippen LogP contribution in [0.25, 0.3) is 4.91 Å². The maximum atomic E-state index is 10.7. The number of nitro groups is 1. The summed E-state index contributed by atoms with van der Waals surface area (Å²) in [7, 11) is 0. The normalized spacial score (nSPS) is 23.2. The summed E-state index contributed by atoms with van der Waals surface area (Å²) < 4.78 is 0. The van der Waals surface area contributed by atoms with Gasteiger partial charge >= 0.3 is 0 Å². The van der Waals surface area contributed by atoms with E-state index in [1.54, 1.807) is 18.2 Å². The number of thioether (sulfide) groups is 1. The van der Waals surface area contributed by atoms with E-state index >= 15 is 0 Å². The lowest BCUT2D eigenvalue weighted by molar-refractivity contribution is -0.384. The number of non-ortho nitro benzene ring substituents is 1. The van der Waals surface area contributed by atoms with Crippen LogP contribution in [-0.4, -0.2) is 9.92 Å². The van der Waals surface area contributed by atoms with Gasteiger partial charge in [-0.1, -0.05) is 11.8 Å². The van der Waals surface area contributed by atoms with Gasteiger partial charge in [0.2, 0.25) is 0 Å². The Balaban J connectivity index is 1.84. The third-order valence-electron chi connectivity index (χ3n) is 3.35. The van der Waals surface area contributed by atoms with Crippen molar-refractivity contribution in [1.29, 1.82) is 5.26 Å². The molecular formula is C15H11N5O2S2. The smallest absolute Gasteiger partial charge is 0.269 e. The van der Waals surface area contributed by atoms with E-state index in [1.807, 2.05) is 17.5 Å². The van der Waals surface area contributed by atoms with Crippen molar-refractivity contribution < 1.29 is 4.92 Å². The lowest BCUT2D eigenvalue weighted by Crippen LogP contribution is -2.37. The van der Waals surface area contributed by atoms with Gasteiger partial charge in [-0.25, -0.2) is 0 Å². The lowest BCUT2D eigenvalue weighted by atomic mass is 10.1. The van der Waals surface area contributed by atoms with Crippen molar-refractivity contribution in [3.63, 3.8) is 0 Å². The Hall–Kier alpha value is -2.54. The van der Waals surface area contributed by atoms with Gasteiger partial charge in [0.05, 0.1) is 11.0 Å². The van der Waals surface area contributed by atoms with E-state index in [2.05, 4.69) is 16.3 Å². The van der Waals surface area contributed by atoms with E-state index in [0.717, 1.165) is 10.5 Å². The standard InChI is InChI=1S/C15H11N5O2S2/c16-9-11-8-13(10-3-5-12(6-4-10)20(21)22)24-15(11,17)19-18-14-2-1-7-23-14/h1-8,11H,17H2. The van der Waals surface area contributed by atoms with Crippen molar-refractivity contribution in [2.45, 2.75) is 4.99 Å². The number of nitriles is 1. The summed E-state index contributed by atoms with van der Waals surface area (Å²) in [4.78, 5) is 9.81. The van der Waals surface area contributed by atoms with Crippen LogP contribution in [0.4, 0.5) is 10.7 Å². The van der Waals surface area contributed by atoms with Crippen LogP contribution in [0.15, 0.2) is 58.1 Å². The minimum Gasteiger partial charge on any atom is -0.295 e. The molecule has 0 amide bonds. The first-order chi connectivity index (χ1) is 11.5. The van der Waals surface area contributed by atoms with Gasteiger partial charge in [0.25, 0.3) is 5.69 Å². The van der Waals surface area contributed by atoms with E-state index in [9.17, 15) is 15.4 Å². The number of nitro benzene ring substituents is 1. The molecule has 1 aliphatic rings. The molecule has 0 radical (unpaired) electrons. The summed E-state index contributed by atoms with van der Waals surface area (Å²) in [6.45, 7) is 0. The van der Waals surface area contributed by atoms with Crippen LogP contribution in [0.2, 0.25) is 0 Å². The van der Waals surface area contributed by atoms with Gasteiger partial charge in [0.1, 0.15) is 10.9 Å². The highest BCUT2D eigenvalue weighted by atomic mass is 32.2. The summed E-state index contributed by atoms with van der Waals surface area (Å²) in [5.41, 5.74) is 7.02. The number of rotatable bonds is 4. The highest BCUT2D eigenvalue weighted by Gasteiger charge is 2.42. The summed E-state index contributed by atoms with van der Waals surface area (Å²) >= 11 is 2.65. The summed E-state index contributed by atoms with van der Waals surface area (Å²) in [5, 5.41) is 31.0. The molecule has 0 saturated heterocycles. The summed E-state index contributed by atoms with van der Waals surface area (Å²) in [6, 6.07) is 11.9. The molecule has 3 rings (SSSR count). The maximum absolute atomic E-state index is 10.7. The summed E-state index contributed by atoms with van der Waals surface area (Å²) in [6.07, 6.45) is 1.72. The zero-order valence-electron chi connectivity index (χ0n) is 12.2. The van der Waals surface area contributed by atoms with E-state index in [-0.39, 0.29) is 5.69 Å². The fraction of sp³-hybridized carbons (Fsp3) is 0.133. The van der Waals surface area contributed by atoms with Crippen LogP contribution >= 0.6 is 23.1 Å². The Labute approximate surface area is 145 Å². The van der Waals surface area contributed by atoms with Crippen molar-refractivity contribution >= 4 is 38.7 Å². The zero-order chi connectivity index (χ0) is 17.2. The molecule has 0 spiro atoms. The fourth-order valence-electron chi connectivity index (χ4n) is 2.11. The van der Waals surface area contributed by atoms with Gasteiger partial charge in [0.15, 0.2) is 4.99 Å². The van der Waals surface area contributed by atoms with E-state index in [4.69, 9.17) is 5.73 Å². The molecule has 9 heteroatoms. The van der Waals surface area contributed by atoms with Crippen LogP contribution in [0.1, 0.15) is 5.56 Å². The van der Waals surface area contributed by atoms with Gasteiger partial charge in [0, 0.05) is 17.0 Å². The third kappa shape index (κ3) is 3.21. The van der Waals surface area contributed by atoms with Gasteiger partial charge < -0.3 is 0 Å². The van der Waals surface area contributed by atoms with Crippen molar-refractivity contribution in [3.05, 3.63) is 63.5 Å². The first-order valence-corrected chi connectivity index (χ1v) is 8.52. The minimum absolute atomic E-state index is 0.00979. The number of thiophene rings is 1. The number of benzene rings is 1. The highest BCUT2D eigenvalue weighted by molar-refractivity contribution is 8.09. The van der Waals surface area contributed by atoms with E-state index in [0.29, 0.717) is 5.00 Å². The molecule has 24 heavy (non-hydrogen) atoms. The number of hydrogen-bond acceptors (Lipinski definition) is 8. The lowest BCUT2D eigenvalue weighted by Gasteiger charge is -2.19. The molecular weight excluding hydrogens is 346 g/mol. The molecule has 2 N–H and O–H groups in total. The van der Waals surface area contributed by atoms with Gasteiger partial charge in [-0.3, -0.25) is 15.8 Å². The zero-order valence-corrected chi connectivity index (χ0v) is 13.8. The molecule has 1 aromatic heterocycles. The van der Waals surface area contributed by atoms with Gasteiger partial charge in [-0.2, -0.15) is 10.4 Å². The summed E-state index contributed by atoms with van der Waals surface area (Å²) in [5.74, 6) is -0.642. The Bertz CT molecular complexity index is 855. The quantitative estimate of drug-likeness (QED) is 0.498. The molecule has 0 saturated carbocycles. The number of azo groups is 1. The first kappa shape index (κ1) is 16.3. The number of hydrogen-bond donors (Lipinski definition) is 1. The van der Waals surface area contributed by atoms with Crippen molar-refractivity contribution in [2.75, 3.05) is 0 Å². The Kier molecular flexibility index (Phi) is 4.44. The molecule has 2 atom stereocenters. The van der Waals surface area contributed by atoms with Crippen LogP contribution < -0.4 is 5.73 Å². The predicted octanol–water partition coefficient (Wildman–Crippen LogP) is 4.28. The predicted molar refractivity (Wildman–Crippen MR) is 93.5 cm³/mol. The van der Waals surface area contributed by atoms with Crippen LogP contribution in [-0.2, 0) is 0 Å². The molecule has 0 aliphatic carbocycles. The second kappa shape index (κ2) is 6.52. The second-order valence-electron chi connectivity index (χ2n) is 4.95. The highest BCUT2D eigenvalue weighted by Crippen LogP contribution is 2.48. The van der Waals surface area contributed by atoms with E-state index in [1.165, 1.54) is 35.2 Å². The van der Waals surface area contributed by atoms with Crippen LogP contribution in [0.3, 0.4) is 0 Å². The minimum atomic E-state index is -1.21. The Morgan fingerprint density at radius 1 is 1.33 bits per heavy atom. The molecule has 2 heterocycles.